The van der Waals surface area contributed by atoms with Gasteiger partial charge >= 0.3 is 0 Å². The summed E-state index contributed by atoms with van der Waals surface area (Å²) in [6.07, 6.45) is 2.32. The average molecular weight is 484 g/mol. The number of thioether (sulfide) groups is 1. The van der Waals surface area contributed by atoms with Crippen LogP contribution in [0.2, 0.25) is 0 Å². The summed E-state index contributed by atoms with van der Waals surface area (Å²) < 4.78 is 27.6. The van der Waals surface area contributed by atoms with Crippen LogP contribution in [-0.2, 0) is 14.8 Å². The summed E-state index contributed by atoms with van der Waals surface area (Å²) in [5.41, 5.74) is 8.37. The summed E-state index contributed by atoms with van der Waals surface area (Å²) in [4.78, 5) is 13.2. The Bertz CT molecular complexity index is 1120. The van der Waals surface area contributed by atoms with Crippen LogP contribution < -0.4 is 15.8 Å². The van der Waals surface area contributed by atoms with E-state index in [1.807, 2.05) is 66.7 Å². The van der Waals surface area contributed by atoms with E-state index in [2.05, 4.69) is 10.0 Å². The molecule has 0 radical (unpaired) electrons. The van der Waals surface area contributed by atoms with Crippen molar-refractivity contribution in [1.82, 2.24) is 10.0 Å². The van der Waals surface area contributed by atoms with E-state index in [9.17, 15) is 13.2 Å². The smallest absolute Gasteiger partial charge is 0.240 e. The summed E-state index contributed by atoms with van der Waals surface area (Å²) in [6.45, 7) is 0.943. The average Bonchev–Trinajstić information content (AvgIpc) is 2.83. The minimum absolute atomic E-state index is 0.0172. The molecule has 1 amide bonds. The number of amides is 1. The van der Waals surface area contributed by atoms with Crippen LogP contribution in [0.3, 0.4) is 0 Å². The highest BCUT2D eigenvalue weighted by Crippen LogP contribution is 2.21. The number of nitrogens with one attached hydrogen (secondary N) is 2. The molecule has 0 spiro atoms. The maximum absolute atomic E-state index is 12.5. The molecule has 3 rings (SSSR count). The van der Waals surface area contributed by atoms with Gasteiger partial charge < -0.3 is 11.1 Å². The lowest BCUT2D eigenvalue weighted by Crippen LogP contribution is -2.27. The van der Waals surface area contributed by atoms with Gasteiger partial charge in [0.25, 0.3) is 0 Å². The fraction of sp³-hybridized carbons (Fsp3) is 0.240. The second kappa shape index (κ2) is 12.4. The molecule has 0 saturated heterocycles. The Morgan fingerprint density at radius 1 is 0.788 bits per heavy atom. The van der Waals surface area contributed by atoms with E-state index in [-0.39, 0.29) is 10.8 Å². The van der Waals surface area contributed by atoms with Gasteiger partial charge in [-0.1, -0.05) is 48.9 Å². The Hall–Kier alpha value is -2.81. The van der Waals surface area contributed by atoms with Crippen molar-refractivity contribution >= 4 is 33.4 Å². The van der Waals surface area contributed by atoms with Crippen molar-refractivity contribution in [3.05, 3.63) is 78.9 Å². The first-order valence-electron chi connectivity index (χ1n) is 10.8. The normalized spacial score (nSPS) is 11.3. The topological polar surface area (TPSA) is 101 Å². The van der Waals surface area contributed by atoms with Gasteiger partial charge in [0, 0.05) is 23.7 Å². The van der Waals surface area contributed by atoms with Gasteiger partial charge in [-0.15, -0.1) is 11.8 Å². The fourth-order valence-corrected chi connectivity index (χ4v) is 4.97. The van der Waals surface area contributed by atoms with E-state index in [0.29, 0.717) is 31.0 Å². The van der Waals surface area contributed by atoms with Crippen LogP contribution in [0.4, 0.5) is 5.69 Å². The molecule has 0 aromatic heterocycles. The maximum atomic E-state index is 12.5. The summed E-state index contributed by atoms with van der Waals surface area (Å²) in [5.74, 6) is 0.337. The molecule has 0 bridgehead atoms. The predicted molar refractivity (Wildman–Crippen MR) is 136 cm³/mol. The van der Waals surface area contributed by atoms with E-state index < -0.39 is 10.0 Å². The highest BCUT2D eigenvalue weighted by Gasteiger charge is 2.13. The molecule has 0 atom stereocenters. The number of carbonyl (C=O) groups is 1. The molecule has 3 aromatic carbocycles. The Balaban J connectivity index is 1.30. The molecule has 0 aliphatic heterocycles. The Kier molecular flexibility index (Phi) is 9.35. The number of anilines is 1. The zero-order valence-corrected chi connectivity index (χ0v) is 20.0. The van der Waals surface area contributed by atoms with Crippen molar-refractivity contribution < 1.29 is 13.2 Å². The van der Waals surface area contributed by atoms with Crippen LogP contribution in [0, 0.1) is 0 Å². The minimum Gasteiger partial charge on any atom is -0.399 e. The highest BCUT2D eigenvalue weighted by molar-refractivity contribution is 8.00. The summed E-state index contributed by atoms with van der Waals surface area (Å²) in [5, 5.41) is 2.89. The summed E-state index contributed by atoms with van der Waals surface area (Å²) in [6, 6.07) is 24.1. The van der Waals surface area contributed by atoms with Crippen LogP contribution in [0.5, 0.6) is 0 Å². The lowest BCUT2D eigenvalue weighted by atomic mass is 10.1. The molecule has 0 fully saturated rings. The van der Waals surface area contributed by atoms with Crippen molar-refractivity contribution in [2.24, 2.45) is 0 Å². The third kappa shape index (κ3) is 8.24. The SMILES string of the molecule is Nc1ccc(SCC(=O)NCCCCCNS(=O)(=O)c2ccc(-c3ccccc3)cc2)cc1. The van der Waals surface area contributed by atoms with Gasteiger partial charge in [-0.05, 0) is 60.4 Å². The molecule has 0 unspecified atom stereocenters. The monoisotopic (exact) mass is 483 g/mol. The van der Waals surface area contributed by atoms with Crippen LogP contribution in [-0.4, -0.2) is 33.2 Å². The van der Waals surface area contributed by atoms with Crippen LogP contribution in [0.25, 0.3) is 11.1 Å². The quantitative estimate of drug-likeness (QED) is 0.203. The first kappa shape index (κ1) is 24.8. The molecule has 0 aliphatic rings. The Labute approximate surface area is 200 Å². The second-order valence-electron chi connectivity index (χ2n) is 7.56. The lowest BCUT2D eigenvalue weighted by Gasteiger charge is -2.08. The number of carbonyl (C=O) groups excluding carboxylic acids is 1. The van der Waals surface area contributed by atoms with Crippen LogP contribution in [0.1, 0.15) is 19.3 Å². The van der Waals surface area contributed by atoms with Gasteiger partial charge in [-0.25, -0.2) is 13.1 Å². The van der Waals surface area contributed by atoms with E-state index >= 15 is 0 Å². The number of benzene rings is 3. The molecule has 33 heavy (non-hydrogen) atoms. The van der Waals surface area contributed by atoms with Crippen molar-refractivity contribution in [3.63, 3.8) is 0 Å². The molecule has 0 aliphatic carbocycles. The second-order valence-corrected chi connectivity index (χ2v) is 10.4. The molecular formula is C25H29N3O3S2. The van der Waals surface area contributed by atoms with Crippen LogP contribution in [0.15, 0.2) is 88.7 Å². The number of nitrogens with two attached hydrogens (primary N) is 1. The minimum atomic E-state index is -3.53. The number of sulfonamides is 1. The number of nitrogen functional groups attached to an aromatic ring is 1. The highest BCUT2D eigenvalue weighted by atomic mass is 32.2. The number of unbranched alkanes of at least 4 members (excludes halogenated alkanes) is 2. The van der Waals surface area contributed by atoms with E-state index in [1.54, 1.807) is 12.1 Å². The van der Waals surface area contributed by atoms with E-state index in [4.69, 9.17) is 5.73 Å². The van der Waals surface area contributed by atoms with Crippen molar-refractivity contribution in [2.45, 2.75) is 29.1 Å². The Morgan fingerprint density at radius 2 is 1.42 bits per heavy atom. The molecule has 6 nitrogen and oxygen atoms in total. The van der Waals surface area contributed by atoms with Gasteiger partial charge in [-0.2, -0.15) is 0 Å². The maximum Gasteiger partial charge on any atom is 0.240 e. The van der Waals surface area contributed by atoms with E-state index in [1.165, 1.54) is 11.8 Å². The van der Waals surface area contributed by atoms with Crippen LogP contribution >= 0.6 is 11.8 Å². The third-order valence-corrected chi connectivity index (χ3v) is 7.48. The number of rotatable bonds is 12. The molecule has 3 aromatic rings. The number of hydrogen-bond donors (Lipinski definition) is 3. The van der Waals surface area contributed by atoms with Crippen molar-refractivity contribution in [2.75, 3.05) is 24.6 Å². The zero-order chi connectivity index (χ0) is 23.5. The van der Waals surface area contributed by atoms with Gasteiger partial charge in [0.1, 0.15) is 0 Å². The van der Waals surface area contributed by atoms with Gasteiger partial charge in [0.15, 0.2) is 0 Å². The number of hydrogen-bond acceptors (Lipinski definition) is 5. The van der Waals surface area contributed by atoms with Crippen molar-refractivity contribution in [1.29, 1.82) is 0 Å². The predicted octanol–water partition coefficient (Wildman–Crippen LogP) is 4.29. The van der Waals surface area contributed by atoms with E-state index in [0.717, 1.165) is 28.9 Å². The largest absolute Gasteiger partial charge is 0.399 e. The standard InChI is InChI=1S/C25H29N3O3S2/c26-22-11-13-23(14-12-22)32-19-25(29)27-17-5-2-6-18-28-33(30,31)24-15-9-21(10-16-24)20-7-3-1-4-8-20/h1,3-4,7-16,28H,2,5-6,17-19,26H2,(H,27,29). The first-order chi connectivity index (χ1) is 15.9. The molecular weight excluding hydrogens is 454 g/mol. The fourth-order valence-electron chi connectivity index (χ4n) is 3.17. The molecule has 174 valence electrons. The van der Waals surface area contributed by atoms with Gasteiger partial charge in [-0.3, -0.25) is 4.79 Å². The van der Waals surface area contributed by atoms with Gasteiger partial charge in [0.2, 0.25) is 15.9 Å². The molecule has 0 heterocycles. The molecule has 0 saturated carbocycles. The Morgan fingerprint density at radius 3 is 2.12 bits per heavy atom. The van der Waals surface area contributed by atoms with Gasteiger partial charge in [0.05, 0.1) is 10.6 Å². The lowest BCUT2D eigenvalue weighted by molar-refractivity contribution is -0.118. The summed E-state index contributed by atoms with van der Waals surface area (Å²) >= 11 is 1.46. The first-order valence-corrected chi connectivity index (χ1v) is 13.3. The molecule has 4 N–H and O–H groups in total. The summed E-state index contributed by atoms with van der Waals surface area (Å²) in [7, 11) is -3.53. The zero-order valence-electron chi connectivity index (χ0n) is 18.4. The van der Waals surface area contributed by atoms with Crippen molar-refractivity contribution in [3.8, 4) is 11.1 Å². The third-order valence-electron chi connectivity index (χ3n) is 4.99. The molecule has 8 heteroatoms.